The topological polar surface area (TPSA) is 77.3 Å². The molecule has 3 aromatic rings. The van der Waals surface area contributed by atoms with Crippen LogP contribution in [0.1, 0.15) is 12.2 Å². The Hall–Kier alpha value is -2.85. The van der Waals surface area contributed by atoms with E-state index in [4.69, 9.17) is 9.47 Å². The van der Waals surface area contributed by atoms with E-state index in [2.05, 4.69) is 20.3 Å². The van der Waals surface area contributed by atoms with Gasteiger partial charge in [0.1, 0.15) is 5.82 Å². The smallest absolute Gasteiger partial charge is 0.296 e. The summed E-state index contributed by atoms with van der Waals surface area (Å²) >= 11 is 0. The number of ether oxygens (including phenoxy) is 2. The highest BCUT2D eigenvalue weighted by Gasteiger charge is 2.24. The van der Waals surface area contributed by atoms with Gasteiger partial charge in [-0.3, -0.25) is 4.57 Å². The first kappa shape index (κ1) is 19.1. The lowest BCUT2D eigenvalue weighted by molar-refractivity contribution is 0.122. The average Bonchev–Trinajstić information content (AvgIpc) is 3.13. The third-order valence-corrected chi connectivity index (χ3v) is 5.32. The third kappa shape index (κ3) is 3.68. The van der Waals surface area contributed by atoms with Crippen molar-refractivity contribution < 1.29 is 18.3 Å². The number of morpholine rings is 1. The largest absolute Gasteiger partial charge is 0.477 e. The molecule has 8 nitrogen and oxygen atoms in total. The van der Waals surface area contributed by atoms with Crippen molar-refractivity contribution in [3.63, 3.8) is 0 Å². The molecular formula is C20H22F2N6O2. The van der Waals surface area contributed by atoms with Gasteiger partial charge in [-0.2, -0.15) is 9.97 Å². The fourth-order valence-corrected chi connectivity index (χ4v) is 3.60. The molecule has 158 valence electrons. The molecule has 2 saturated heterocycles. The second-order valence-corrected chi connectivity index (χ2v) is 7.39. The highest BCUT2D eigenvalue weighted by molar-refractivity contribution is 5.78. The summed E-state index contributed by atoms with van der Waals surface area (Å²) in [7, 11) is 0. The van der Waals surface area contributed by atoms with Crippen molar-refractivity contribution in [1.82, 2.24) is 24.8 Å². The van der Waals surface area contributed by atoms with Crippen molar-refractivity contribution >= 4 is 17.0 Å². The minimum absolute atomic E-state index is 0.317. The molecule has 4 heterocycles. The predicted molar refractivity (Wildman–Crippen MR) is 107 cm³/mol. The van der Waals surface area contributed by atoms with Crippen LogP contribution in [-0.2, 0) is 4.74 Å². The van der Waals surface area contributed by atoms with Crippen molar-refractivity contribution in [3.05, 3.63) is 36.2 Å². The zero-order chi connectivity index (χ0) is 20.5. The van der Waals surface area contributed by atoms with Crippen LogP contribution in [0.5, 0.6) is 5.88 Å². The maximum Gasteiger partial charge on any atom is 0.296 e. The zero-order valence-corrected chi connectivity index (χ0v) is 16.3. The first-order valence-corrected chi connectivity index (χ1v) is 10.0. The summed E-state index contributed by atoms with van der Waals surface area (Å²) in [6, 6.07) is 8.64. The van der Waals surface area contributed by atoms with Gasteiger partial charge in [0.25, 0.3) is 6.43 Å². The SMILES string of the molecule is FC(F)c1nc2ccccc2n1-c1cc(OCC2CNC2)nc(N2CCOCC2)n1. The molecule has 0 amide bonds. The monoisotopic (exact) mass is 416 g/mol. The van der Waals surface area contributed by atoms with E-state index in [-0.39, 0.29) is 5.82 Å². The van der Waals surface area contributed by atoms with Crippen LogP contribution in [0, 0.1) is 5.92 Å². The molecule has 0 unspecified atom stereocenters. The number of benzene rings is 1. The van der Waals surface area contributed by atoms with Crippen molar-refractivity contribution in [2.45, 2.75) is 6.43 Å². The lowest BCUT2D eigenvalue weighted by atomic mass is 10.1. The Morgan fingerprint density at radius 1 is 1.13 bits per heavy atom. The van der Waals surface area contributed by atoms with Gasteiger partial charge in [-0.15, -0.1) is 0 Å². The normalized spacial score (nSPS) is 17.5. The maximum absolute atomic E-state index is 13.8. The van der Waals surface area contributed by atoms with Gasteiger partial charge in [0.2, 0.25) is 11.8 Å². The second kappa shape index (κ2) is 8.11. The fraction of sp³-hybridized carbons (Fsp3) is 0.450. The molecule has 2 fully saturated rings. The van der Waals surface area contributed by atoms with E-state index in [1.54, 1.807) is 30.3 Å². The van der Waals surface area contributed by atoms with Gasteiger partial charge in [0.05, 0.1) is 30.9 Å². The Morgan fingerprint density at radius 3 is 2.67 bits per heavy atom. The molecule has 0 spiro atoms. The minimum atomic E-state index is -2.75. The number of rotatable bonds is 6. The van der Waals surface area contributed by atoms with Gasteiger partial charge in [-0.05, 0) is 12.1 Å². The van der Waals surface area contributed by atoms with Gasteiger partial charge >= 0.3 is 0 Å². The summed E-state index contributed by atoms with van der Waals surface area (Å²) in [5, 5.41) is 3.20. The number of fused-ring (bicyclic) bond motifs is 1. The molecule has 5 rings (SSSR count). The molecule has 1 aromatic carbocycles. The second-order valence-electron chi connectivity index (χ2n) is 7.39. The van der Waals surface area contributed by atoms with Crippen LogP contribution in [0.25, 0.3) is 16.9 Å². The molecule has 30 heavy (non-hydrogen) atoms. The van der Waals surface area contributed by atoms with Crippen molar-refractivity contribution in [3.8, 4) is 11.7 Å². The third-order valence-electron chi connectivity index (χ3n) is 5.32. The molecule has 10 heteroatoms. The van der Waals surface area contributed by atoms with E-state index in [0.29, 0.717) is 67.5 Å². The summed E-state index contributed by atoms with van der Waals surface area (Å²) in [6.45, 7) is 4.69. The van der Waals surface area contributed by atoms with E-state index >= 15 is 0 Å². The quantitative estimate of drug-likeness (QED) is 0.660. The molecule has 0 saturated carbocycles. The molecule has 0 radical (unpaired) electrons. The van der Waals surface area contributed by atoms with Gasteiger partial charge < -0.3 is 19.7 Å². The van der Waals surface area contributed by atoms with Crippen molar-refractivity contribution in [1.29, 1.82) is 0 Å². The molecule has 0 aliphatic carbocycles. The molecule has 2 aromatic heterocycles. The first-order valence-electron chi connectivity index (χ1n) is 10.0. The lowest BCUT2D eigenvalue weighted by Gasteiger charge is -2.28. The summed E-state index contributed by atoms with van der Waals surface area (Å²) in [4.78, 5) is 15.3. The van der Waals surface area contributed by atoms with Crippen molar-refractivity contribution in [2.24, 2.45) is 5.92 Å². The number of halogens is 2. The number of aromatic nitrogens is 4. The summed E-state index contributed by atoms with van der Waals surface area (Å²) in [5.74, 6) is 1.19. The van der Waals surface area contributed by atoms with Crippen LogP contribution in [0.4, 0.5) is 14.7 Å². The summed E-state index contributed by atoms with van der Waals surface area (Å²) in [5.41, 5.74) is 1.05. The minimum Gasteiger partial charge on any atom is -0.477 e. The highest BCUT2D eigenvalue weighted by Crippen LogP contribution is 2.29. The van der Waals surface area contributed by atoms with Crippen LogP contribution in [0.2, 0.25) is 0 Å². The Morgan fingerprint density at radius 2 is 1.93 bits per heavy atom. The number of anilines is 1. The van der Waals surface area contributed by atoms with E-state index in [1.807, 2.05) is 4.90 Å². The van der Waals surface area contributed by atoms with E-state index in [1.165, 1.54) is 4.57 Å². The van der Waals surface area contributed by atoms with Gasteiger partial charge in [0, 0.05) is 38.2 Å². The number of hydrogen-bond donors (Lipinski definition) is 1. The lowest BCUT2D eigenvalue weighted by Crippen LogP contribution is -2.45. The van der Waals surface area contributed by atoms with E-state index < -0.39 is 6.43 Å². The summed E-state index contributed by atoms with van der Waals surface area (Å²) < 4.78 is 40.4. The van der Waals surface area contributed by atoms with E-state index in [9.17, 15) is 8.78 Å². The maximum atomic E-state index is 13.8. The number of hydrogen-bond acceptors (Lipinski definition) is 7. The van der Waals surface area contributed by atoms with Crippen LogP contribution in [-0.4, -0.2) is 65.5 Å². The number of nitrogens with one attached hydrogen (secondary N) is 1. The average molecular weight is 416 g/mol. The Balaban J connectivity index is 1.59. The molecule has 2 aliphatic rings. The van der Waals surface area contributed by atoms with Gasteiger partial charge in [0.15, 0.2) is 5.82 Å². The number of nitrogens with zero attached hydrogens (tertiary/aromatic N) is 5. The van der Waals surface area contributed by atoms with Crippen LogP contribution >= 0.6 is 0 Å². The number of imidazole rings is 1. The van der Waals surface area contributed by atoms with Crippen molar-refractivity contribution in [2.75, 3.05) is 50.9 Å². The van der Waals surface area contributed by atoms with Crippen LogP contribution in [0.3, 0.4) is 0 Å². The number of alkyl halides is 2. The Kier molecular flexibility index (Phi) is 5.17. The highest BCUT2D eigenvalue weighted by atomic mass is 19.3. The van der Waals surface area contributed by atoms with E-state index in [0.717, 1.165) is 13.1 Å². The van der Waals surface area contributed by atoms with Gasteiger partial charge in [-0.25, -0.2) is 13.8 Å². The molecular weight excluding hydrogens is 394 g/mol. The standard InChI is InChI=1S/C20H22F2N6O2/c21-18(22)19-24-14-3-1-2-4-15(14)28(19)16-9-17(30-12-13-10-23-11-13)26-20(25-16)27-5-7-29-8-6-27/h1-4,9,13,18,23H,5-8,10-12H2. The first-order chi connectivity index (χ1) is 14.7. The summed E-state index contributed by atoms with van der Waals surface area (Å²) in [6.07, 6.45) is -2.75. The molecule has 1 N–H and O–H groups in total. The predicted octanol–water partition coefficient (Wildman–Crippen LogP) is 2.19. The fourth-order valence-electron chi connectivity index (χ4n) is 3.60. The van der Waals surface area contributed by atoms with Gasteiger partial charge in [-0.1, -0.05) is 12.1 Å². The molecule has 0 atom stereocenters. The number of para-hydroxylation sites is 2. The molecule has 0 bridgehead atoms. The zero-order valence-electron chi connectivity index (χ0n) is 16.3. The Labute approximate surface area is 171 Å². The van der Waals surface area contributed by atoms with Crippen LogP contribution in [0.15, 0.2) is 30.3 Å². The van der Waals surface area contributed by atoms with Crippen LogP contribution < -0.4 is 15.0 Å². The molecule has 2 aliphatic heterocycles. The Bertz CT molecular complexity index is 1030.